The summed E-state index contributed by atoms with van der Waals surface area (Å²) in [5.74, 6) is -0.258. The van der Waals surface area contributed by atoms with Gasteiger partial charge in [-0.2, -0.15) is 5.10 Å². The first-order chi connectivity index (χ1) is 9.24. The van der Waals surface area contributed by atoms with E-state index in [2.05, 4.69) is 25.5 Å². The van der Waals surface area contributed by atoms with E-state index in [0.717, 1.165) is 11.2 Å². The summed E-state index contributed by atoms with van der Waals surface area (Å²) in [5, 5.41) is 10.3. The van der Waals surface area contributed by atoms with Crippen molar-refractivity contribution in [3.05, 3.63) is 42.1 Å². The zero-order chi connectivity index (χ0) is 13.2. The molecule has 0 aliphatic heterocycles. The molecule has 0 atom stereocenters. The van der Waals surface area contributed by atoms with Crippen molar-refractivity contribution in [2.24, 2.45) is 0 Å². The number of hydrogen-bond donors (Lipinski definition) is 4. The molecular formula is C12H12N6O. The van der Waals surface area contributed by atoms with Crippen LogP contribution >= 0.6 is 0 Å². The molecular weight excluding hydrogens is 244 g/mol. The van der Waals surface area contributed by atoms with Crippen molar-refractivity contribution in [1.29, 1.82) is 0 Å². The Morgan fingerprint density at radius 1 is 1.42 bits per heavy atom. The van der Waals surface area contributed by atoms with Crippen molar-refractivity contribution in [3.8, 4) is 0 Å². The van der Waals surface area contributed by atoms with Gasteiger partial charge in [-0.1, -0.05) is 0 Å². The molecule has 7 nitrogen and oxygen atoms in total. The molecule has 3 rings (SSSR count). The fourth-order valence-electron chi connectivity index (χ4n) is 1.85. The number of nitrogens with two attached hydrogens (primary N) is 1. The number of aromatic amines is 2. The summed E-state index contributed by atoms with van der Waals surface area (Å²) in [4.78, 5) is 18.8. The Kier molecular flexibility index (Phi) is 2.64. The maximum atomic E-state index is 12.1. The largest absolute Gasteiger partial charge is 0.399 e. The molecule has 2 heterocycles. The molecule has 3 aromatic rings. The van der Waals surface area contributed by atoms with Crippen LogP contribution < -0.4 is 11.1 Å². The molecule has 7 heteroatoms. The Bertz CT molecular complexity index is 715. The number of nitrogens with zero attached hydrogens (tertiary/aromatic N) is 2. The zero-order valence-electron chi connectivity index (χ0n) is 9.97. The number of aromatic nitrogens is 4. The van der Waals surface area contributed by atoms with Crippen molar-refractivity contribution in [1.82, 2.24) is 25.5 Å². The lowest BCUT2D eigenvalue weighted by atomic mass is 10.2. The topological polar surface area (TPSA) is 112 Å². The van der Waals surface area contributed by atoms with Crippen LogP contribution in [0.1, 0.15) is 16.2 Å². The van der Waals surface area contributed by atoms with E-state index in [1.54, 1.807) is 30.7 Å². The summed E-state index contributed by atoms with van der Waals surface area (Å²) in [7, 11) is 0. The number of nitrogens with one attached hydrogen (secondary N) is 3. The molecule has 0 aliphatic carbocycles. The van der Waals surface area contributed by atoms with E-state index < -0.39 is 0 Å². The van der Waals surface area contributed by atoms with Gasteiger partial charge in [0.15, 0.2) is 5.69 Å². The predicted molar refractivity (Wildman–Crippen MR) is 70.3 cm³/mol. The standard InChI is InChI=1S/C12H12N6O/c13-7-1-2-10-9(3-7)11(18-17-10)12(19)15-5-8-4-14-6-16-8/h1-4,6H,5,13H2,(H,14,16)(H,15,19)(H,17,18). The van der Waals surface area contributed by atoms with Gasteiger partial charge in [-0.15, -0.1) is 0 Å². The van der Waals surface area contributed by atoms with E-state index in [0.29, 0.717) is 23.3 Å². The molecule has 1 aromatic carbocycles. The van der Waals surface area contributed by atoms with Crippen molar-refractivity contribution in [2.75, 3.05) is 5.73 Å². The van der Waals surface area contributed by atoms with Crippen LogP contribution in [0.5, 0.6) is 0 Å². The summed E-state index contributed by atoms with van der Waals surface area (Å²) < 4.78 is 0. The molecule has 96 valence electrons. The van der Waals surface area contributed by atoms with E-state index in [9.17, 15) is 4.79 Å². The maximum Gasteiger partial charge on any atom is 0.272 e. The summed E-state index contributed by atoms with van der Waals surface area (Å²) in [5.41, 5.74) is 8.25. The van der Waals surface area contributed by atoms with Gasteiger partial charge < -0.3 is 16.0 Å². The number of fused-ring (bicyclic) bond motifs is 1. The summed E-state index contributed by atoms with van der Waals surface area (Å²) >= 11 is 0. The summed E-state index contributed by atoms with van der Waals surface area (Å²) in [6.07, 6.45) is 3.22. The smallest absolute Gasteiger partial charge is 0.272 e. The lowest BCUT2D eigenvalue weighted by molar-refractivity contribution is 0.0947. The molecule has 0 saturated heterocycles. The van der Waals surface area contributed by atoms with Crippen LogP contribution in [0.2, 0.25) is 0 Å². The second kappa shape index (κ2) is 4.45. The highest BCUT2D eigenvalue weighted by molar-refractivity contribution is 6.05. The van der Waals surface area contributed by atoms with Crippen molar-refractivity contribution in [3.63, 3.8) is 0 Å². The highest BCUT2D eigenvalue weighted by atomic mass is 16.1. The third-order valence-corrected chi connectivity index (χ3v) is 2.80. The first kappa shape index (κ1) is 11.3. The minimum atomic E-state index is -0.258. The van der Waals surface area contributed by atoms with Gasteiger partial charge >= 0.3 is 0 Å². The summed E-state index contributed by atoms with van der Waals surface area (Å²) in [6, 6.07) is 5.28. The van der Waals surface area contributed by atoms with E-state index in [4.69, 9.17) is 5.73 Å². The van der Waals surface area contributed by atoms with Gasteiger partial charge in [-0.25, -0.2) is 4.98 Å². The highest BCUT2D eigenvalue weighted by Crippen LogP contribution is 2.18. The predicted octanol–water partition coefficient (Wildman–Crippen LogP) is 0.798. The SMILES string of the molecule is Nc1ccc2[nH]nc(C(=O)NCc3cnc[nH]3)c2c1. The number of carbonyl (C=O) groups is 1. The number of rotatable bonds is 3. The lowest BCUT2D eigenvalue weighted by Crippen LogP contribution is -2.23. The highest BCUT2D eigenvalue weighted by Gasteiger charge is 2.14. The number of carbonyl (C=O) groups excluding carboxylic acids is 1. The second-order valence-electron chi connectivity index (χ2n) is 4.14. The van der Waals surface area contributed by atoms with Crippen molar-refractivity contribution < 1.29 is 4.79 Å². The monoisotopic (exact) mass is 256 g/mol. The van der Waals surface area contributed by atoms with Crippen LogP contribution in [0.3, 0.4) is 0 Å². The number of imidazole rings is 1. The quantitative estimate of drug-likeness (QED) is 0.519. The minimum Gasteiger partial charge on any atom is -0.399 e. The number of hydrogen-bond acceptors (Lipinski definition) is 4. The van der Waals surface area contributed by atoms with Crippen LogP contribution in [0.4, 0.5) is 5.69 Å². The Morgan fingerprint density at radius 2 is 2.32 bits per heavy atom. The average Bonchev–Trinajstić information content (AvgIpc) is 3.04. The van der Waals surface area contributed by atoms with Crippen LogP contribution in [0.25, 0.3) is 10.9 Å². The third-order valence-electron chi connectivity index (χ3n) is 2.80. The van der Waals surface area contributed by atoms with Gasteiger partial charge in [0.05, 0.1) is 24.1 Å². The second-order valence-corrected chi connectivity index (χ2v) is 4.14. The number of anilines is 1. The molecule has 0 saturated carbocycles. The van der Waals surface area contributed by atoms with E-state index in [1.807, 2.05) is 0 Å². The lowest BCUT2D eigenvalue weighted by Gasteiger charge is -2.01. The molecule has 0 radical (unpaired) electrons. The van der Waals surface area contributed by atoms with Gasteiger partial charge in [0, 0.05) is 17.3 Å². The molecule has 1 amide bonds. The first-order valence-corrected chi connectivity index (χ1v) is 5.73. The van der Waals surface area contributed by atoms with Crippen LogP contribution in [-0.2, 0) is 6.54 Å². The molecule has 2 aromatic heterocycles. The number of benzene rings is 1. The molecule has 19 heavy (non-hydrogen) atoms. The molecule has 5 N–H and O–H groups in total. The van der Waals surface area contributed by atoms with Gasteiger partial charge in [-0.05, 0) is 18.2 Å². The van der Waals surface area contributed by atoms with Gasteiger partial charge in [0.25, 0.3) is 5.91 Å². The molecule has 0 unspecified atom stereocenters. The van der Waals surface area contributed by atoms with E-state index in [1.165, 1.54) is 0 Å². The number of amides is 1. The normalized spacial score (nSPS) is 10.7. The van der Waals surface area contributed by atoms with E-state index >= 15 is 0 Å². The van der Waals surface area contributed by atoms with E-state index in [-0.39, 0.29) is 5.91 Å². The van der Waals surface area contributed by atoms with Crippen LogP contribution in [-0.4, -0.2) is 26.1 Å². The van der Waals surface area contributed by atoms with Crippen molar-refractivity contribution >= 4 is 22.5 Å². The molecule has 0 spiro atoms. The maximum absolute atomic E-state index is 12.1. The number of nitrogen functional groups attached to an aromatic ring is 1. The van der Waals surface area contributed by atoms with Crippen LogP contribution in [0, 0.1) is 0 Å². The molecule has 0 bridgehead atoms. The third kappa shape index (κ3) is 2.13. The molecule has 0 aliphatic rings. The van der Waals surface area contributed by atoms with Crippen LogP contribution in [0.15, 0.2) is 30.7 Å². The Labute approximate surface area is 108 Å². The zero-order valence-corrected chi connectivity index (χ0v) is 9.97. The van der Waals surface area contributed by atoms with Gasteiger partial charge in [0.1, 0.15) is 0 Å². The summed E-state index contributed by atoms with van der Waals surface area (Å²) in [6.45, 7) is 0.371. The fourth-order valence-corrected chi connectivity index (χ4v) is 1.85. The Balaban J connectivity index is 1.83. The Morgan fingerprint density at radius 3 is 3.11 bits per heavy atom. The Hall–Kier alpha value is -2.83. The molecule has 0 fully saturated rings. The van der Waals surface area contributed by atoms with Gasteiger partial charge in [0.2, 0.25) is 0 Å². The average molecular weight is 256 g/mol. The first-order valence-electron chi connectivity index (χ1n) is 5.73. The number of H-pyrrole nitrogens is 2. The van der Waals surface area contributed by atoms with Gasteiger partial charge in [-0.3, -0.25) is 9.89 Å². The van der Waals surface area contributed by atoms with Crippen molar-refractivity contribution in [2.45, 2.75) is 6.54 Å². The minimum absolute atomic E-state index is 0.258. The fraction of sp³-hybridized carbons (Fsp3) is 0.0833.